The van der Waals surface area contributed by atoms with Gasteiger partial charge in [-0.2, -0.15) is 0 Å². The van der Waals surface area contributed by atoms with E-state index in [1.54, 1.807) is 4.90 Å². The molecule has 0 saturated heterocycles. The average Bonchev–Trinajstić information content (AvgIpc) is 2.77. The summed E-state index contributed by atoms with van der Waals surface area (Å²) >= 11 is 5.96. The minimum atomic E-state index is -0.390. The van der Waals surface area contributed by atoms with Crippen molar-refractivity contribution in [2.24, 2.45) is 0 Å². The molecule has 4 rings (SSSR count). The first kappa shape index (κ1) is 20.1. The van der Waals surface area contributed by atoms with Crippen LogP contribution in [0.1, 0.15) is 12.0 Å². The summed E-state index contributed by atoms with van der Waals surface area (Å²) in [4.78, 5) is 16.6. The monoisotopic (exact) mass is 424 g/mol. The number of halogens is 3. The topological polar surface area (TPSA) is 23.6 Å². The van der Waals surface area contributed by atoms with E-state index in [1.807, 2.05) is 30.3 Å². The van der Waals surface area contributed by atoms with E-state index in [0.717, 1.165) is 11.1 Å². The third kappa shape index (κ3) is 4.36. The minimum Gasteiger partial charge on any atom is -0.320 e. The summed E-state index contributed by atoms with van der Waals surface area (Å²) in [7, 11) is 0. The van der Waals surface area contributed by atoms with Gasteiger partial charge in [-0.25, -0.2) is 13.6 Å². The lowest BCUT2D eigenvalue weighted by Gasteiger charge is -2.33. The van der Waals surface area contributed by atoms with E-state index in [2.05, 4.69) is 0 Å². The summed E-state index contributed by atoms with van der Waals surface area (Å²) in [6.07, 6.45) is 2.73. The molecule has 1 aliphatic heterocycles. The molecule has 3 aromatic rings. The Morgan fingerprint density at radius 1 is 0.833 bits per heavy atom. The largest absolute Gasteiger partial charge is 0.329 e. The average molecular weight is 425 g/mol. The van der Waals surface area contributed by atoms with Crippen LogP contribution < -0.4 is 4.90 Å². The van der Waals surface area contributed by atoms with E-state index < -0.39 is 11.6 Å². The van der Waals surface area contributed by atoms with Gasteiger partial charge in [0.05, 0.1) is 11.4 Å². The van der Waals surface area contributed by atoms with E-state index >= 15 is 0 Å². The standard InChI is InChI=1S/C24H19ClF2N2O/c25-19-3-1-17(2-4-19)18-13-15-28(16-14-18)24(30)29(22-9-5-20(26)6-10-22)23-11-7-21(27)8-12-23/h1-13H,14-16H2. The number of rotatable bonds is 3. The Kier molecular flexibility index (Phi) is 5.81. The molecule has 0 bridgehead atoms. The lowest BCUT2D eigenvalue weighted by atomic mass is 10.00. The number of hydrogen-bond acceptors (Lipinski definition) is 1. The summed E-state index contributed by atoms with van der Waals surface area (Å²) in [6.45, 7) is 0.974. The van der Waals surface area contributed by atoms with E-state index in [4.69, 9.17) is 11.6 Å². The van der Waals surface area contributed by atoms with Gasteiger partial charge in [-0.05, 0) is 78.2 Å². The first-order chi connectivity index (χ1) is 14.5. The van der Waals surface area contributed by atoms with E-state index in [9.17, 15) is 13.6 Å². The van der Waals surface area contributed by atoms with Crippen molar-refractivity contribution in [3.63, 3.8) is 0 Å². The lowest BCUT2D eigenvalue weighted by Crippen LogP contribution is -2.43. The molecule has 0 unspecified atom stereocenters. The van der Waals surface area contributed by atoms with Gasteiger partial charge in [0.1, 0.15) is 11.6 Å². The van der Waals surface area contributed by atoms with Crippen LogP contribution in [0.5, 0.6) is 0 Å². The van der Waals surface area contributed by atoms with Crippen molar-refractivity contribution >= 4 is 34.6 Å². The molecule has 0 fully saturated rings. The fourth-order valence-corrected chi connectivity index (χ4v) is 3.59. The molecule has 30 heavy (non-hydrogen) atoms. The number of amides is 2. The van der Waals surface area contributed by atoms with Gasteiger partial charge < -0.3 is 4.90 Å². The lowest BCUT2D eigenvalue weighted by molar-refractivity contribution is 0.212. The third-order valence-electron chi connectivity index (χ3n) is 5.06. The van der Waals surface area contributed by atoms with Gasteiger partial charge in [-0.1, -0.05) is 29.8 Å². The Morgan fingerprint density at radius 2 is 1.37 bits per heavy atom. The highest BCUT2D eigenvalue weighted by Gasteiger charge is 2.26. The predicted molar refractivity (Wildman–Crippen MR) is 116 cm³/mol. The molecular weight excluding hydrogens is 406 g/mol. The molecular formula is C24H19ClF2N2O. The van der Waals surface area contributed by atoms with Gasteiger partial charge in [-0.15, -0.1) is 0 Å². The van der Waals surface area contributed by atoms with Gasteiger partial charge >= 0.3 is 6.03 Å². The van der Waals surface area contributed by atoms with Crippen LogP contribution >= 0.6 is 11.6 Å². The van der Waals surface area contributed by atoms with Crippen LogP contribution in [0.15, 0.2) is 78.9 Å². The van der Waals surface area contributed by atoms with Gasteiger partial charge in [-0.3, -0.25) is 4.90 Å². The molecule has 0 aliphatic carbocycles. The van der Waals surface area contributed by atoms with Gasteiger partial charge in [0.25, 0.3) is 0 Å². The van der Waals surface area contributed by atoms with Crippen LogP contribution in [0.25, 0.3) is 5.57 Å². The Balaban J connectivity index is 1.60. The molecule has 0 saturated carbocycles. The molecule has 1 aliphatic rings. The predicted octanol–water partition coefficient (Wildman–Crippen LogP) is 6.67. The maximum Gasteiger partial charge on any atom is 0.329 e. The quantitative estimate of drug-likeness (QED) is 0.460. The third-order valence-corrected chi connectivity index (χ3v) is 5.31. The Labute approximate surface area is 178 Å². The van der Waals surface area contributed by atoms with Crippen LogP contribution in [-0.4, -0.2) is 24.0 Å². The van der Waals surface area contributed by atoms with E-state index in [-0.39, 0.29) is 6.03 Å². The van der Waals surface area contributed by atoms with E-state index in [1.165, 1.54) is 53.4 Å². The normalized spacial score (nSPS) is 13.7. The maximum absolute atomic E-state index is 13.4. The molecule has 0 atom stereocenters. The summed E-state index contributed by atoms with van der Waals surface area (Å²) in [5.41, 5.74) is 3.27. The first-order valence-electron chi connectivity index (χ1n) is 9.56. The highest BCUT2D eigenvalue weighted by molar-refractivity contribution is 6.30. The second-order valence-electron chi connectivity index (χ2n) is 7.00. The number of nitrogens with zero attached hydrogens (tertiary/aromatic N) is 2. The number of carbonyl (C=O) groups is 1. The molecule has 0 N–H and O–H groups in total. The zero-order chi connectivity index (χ0) is 21.1. The van der Waals surface area contributed by atoms with Crippen molar-refractivity contribution in [1.82, 2.24) is 4.90 Å². The highest BCUT2D eigenvalue weighted by Crippen LogP contribution is 2.30. The maximum atomic E-state index is 13.4. The fourth-order valence-electron chi connectivity index (χ4n) is 3.46. The molecule has 1 heterocycles. The van der Waals surface area contributed by atoms with Crippen LogP contribution in [0, 0.1) is 11.6 Å². The van der Waals surface area contributed by atoms with Crippen molar-refractivity contribution in [3.8, 4) is 0 Å². The van der Waals surface area contributed by atoms with Gasteiger partial charge in [0.2, 0.25) is 0 Å². The molecule has 3 nitrogen and oxygen atoms in total. The molecule has 2 amide bonds. The van der Waals surface area contributed by atoms with E-state index in [0.29, 0.717) is 35.9 Å². The zero-order valence-corrected chi connectivity index (χ0v) is 16.8. The zero-order valence-electron chi connectivity index (χ0n) is 16.1. The number of hydrogen-bond donors (Lipinski definition) is 0. The first-order valence-corrected chi connectivity index (χ1v) is 9.94. The Hall–Kier alpha value is -3.18. The van der Waals surface area contributed by atoms with Crippen molar-refractivity contribution in [2.75, 3.05) is 18.0 Å². The summed E-state index contributed by atoms with van der Waals surface area (Å²) in [5.74, 6) is -0.780. The number of anilines is 2. The summed E-state index contributed by atoms with van der Waals surface area (Å²) in [6, 6.07) is 18.7. The Morgan fingerprint density at radius 3 is 1.83 bits per heavy atom. The SMILES string of the molecule is O=C(N1CC=C(c2ccc(Cl)cc2)CC1)N(c1ccc(F)cc1)c1ccc(F)cc1. The van der Waals surface area contributed by atoms with Crippen molar-refractivity contribution < 1.29 is 13.6 Å². The van der Waals surface area contributed by atoms with Gasteiger partial charge in [0, 0.05) is 18.1 Å². The van der Waals surface area contributed by atoms with Crippen molar-refractivity contribution in [1.29, 1.82) is 0 Å². The molecule has 0 aromatic heterocycles. The van der Waals surface area contributed by atoms with Crippen LogP contribution in [0.2, 0.25) is 5.02 Å². The second kappa shape index (κ2) is 8.67. The fraction of sp³-hybridized carbons (Fsp3) is 0.125. The van der Waals surface area contributed by atoms with Crippen LogP contribution in [0.3, 0.4) is 0 Å². The molecule has 0 spiro atoms. The van der Waals surface area contributed by atoms with Crippen LogP contribution in [0.4, 0.5) is 25.0 Å². The summed E-state index contributed by atoms with van der Waals surface area (Å²) in [5, 5.41) is 0.682. The molecule has 3 aromatic carbocycles. The number of urea groups is 1. The smallest absolute Gasteiger partial charge is 0.320 e. The van der Waals surface area contributed by atoms with Crippen molar-refractivity contribution in [2.45, 2.75) is 6.42 Å². The number of benzene rings is 3. The minimum absolute atomic E-state index is 0.250. The second-order valence-corrected chi connectivity index (χ2v) is 7.44. The summed E-state index contributed by atoms with van der Waals surface area (Å²) < 4.78 is 26.8. The molecule has 6 heteroatoms. The number of carbonyl (C=O) groups excluding carboxylic acids is 1. The van der Waals surface area contributed by atoms with Crippen molar-refractivity contribution in [3.05, 3.63) is 101 Å². The molecule has 0 radical (unpaired) electrons. The molecule has 152 valence electrons. The Bertz CT molecular complexity index is 1020. The van der Waals surface area contributed by atoms with Gasteiger partial charge in [0.15, 0.2) is 0 Å². The van der Waals surface area contributed by atoms with Crippen LogP contribution in [-0.2, 0) is 0 Å². The highest BCUT2D eigenvalue weighted by atomic mass is 35.5.